The van der Waals surface area contributed by atoms with Gasteiger partial charge in [0.2, 0.25) is 11.8 Å². The normalized spacial score (nSPS) is 12.7. The third kappa shape index (κ3) is 5.87. The average Bonchev–Trinajstić information content (AvgIpc) is 2.63. The fraction of sp³-hybridized carbons (Fsp3) is 0.250. The molecule has 2 aromatic rings. The Kier molecular flexibility index (Phi) is 7.20. The number of nitrogens with one attached hydrogen (secondary N) is 2. The average molecular weight is 390 g/mol. The van der Waals surface area contributed by atoms with E-state index >= 15 is 0 Å². The third-order valence-corrected chi connectivity index (χ3v) is 4.01. The van der Waals surface area contributed by atoms with E-state index in [1.807, 2.05) is 0 Å². The van der Waals surface area contributed by atoms with Crippen molar-refractivity contribution < 1.29 is 28.3 Å². The van der Waals surface area contributed by atoms with Crippen LogP contribution in [-0.2, 0) is 20.8 Å². The second-order valence-corrected chi connectivity index (χ2v) is 6.17. The zero-order valence-electron chi connectivity index (χ0n) is 15.1. The Labute approximate surface area is 160 Å². The van der Waals surface area contributed by atoms with Gasteiger partial charge in [-0.25, -0.2) is 13.6 Å². The number of aliphatic carboxylic acids is 1. The number of benzene rings is 2. The maximum Gasteiger partial charge on any atom is 0.330 e. The summed E-state index contributed by atoms with van der Waals surface area (Å²) in [4.78, 5) is 36.1. The van der Waals surface area contributed by atoms with Crippen LogP contribution in [0.15, 0.2) is 48.5 Å². The van der Waals surface area contributed by atoms with Crippen LogP contribution in [0.25, 0.3) is 0 Å². The third-order valence-electron chi connectivity index (χ3n) is 4.01. The predicted octanol–water partition coefficient (Wildman–Crippen LogP) is 2.34. The van der Waals surface area contributed by atoms with Gasteiger partial charge < -0.3 is 15.7 Å². The highest BCUT2D eigenvalue weighted by Crippen LogP contribution is 2.13. The molecule has 0 spiro atoms. The summed E-state index contributed by atoms with van der Waals surface area (Å²) in [6.07, 6.45) is -0.115. The smallest absolute Gasteiger partial charge is 0.330 e. The monoisotopic (exact) mass is 390 g/mol. The zero-order valence-corrected chi connectivity index (χ0v) is 15.1. The van der Waals surface area contributed by atoms with E-state index in [1.165, 1.54) is 0 Å². The van der Waals surface area contributed by atoms with E-state index in [9.17, 15) is 28.3 Å². The molecule has 0 saturated heterocycles. The topological polar surface area (TPSA) is 95.5 Å². The van der Waals surface area contributed by atoms with E-state index in [2.05, 4.69) is 10.6 Å². The minimum Gasteiger partial charge on any atom is -0.479 e. The number of halogens is 2. The van der Waals surface area contributed by atoms with Gasteiger partial charge in [-0.15, -0.1) is 0 Å². The van der Waals surface area contributed by atoms with Gasteiger partial charge >= 0.3 is 5.97 Å². The SMILES string of the molecule is CCC(NC(=O)Cc1cc(F)cc(F)c1)C(=O)N[C@H](C(=O)O)c1ccccc1. The predicted molar refractivity (Wildman–Crippen MR) is 97.2 cm³/mol. The van der Waals surface area contributed by atoms with Gasteiger partial charge in [0.05, 0.1) is 6.42 Å². The lowest BCUT2D eigenvalue weighted by molar-refractivity contribution is -0.142. The number of carbonyl (C=O) groups is 3. The van der Waals surface area contributed by atoms with Crippen LogP contribution in [0.3, 0.4) is 0 Å². The van der Waals surface area contributed by atoms with Gasteiger partial charge in [0.1, 0.15) is 17.7 Å². The molecule has 0 aliphatic carbocycles. The van der Waals surface area contributed by atoms with Crippen LogP contribution in [0, 0.1) is 11.6 Å². The fourth-order valence-corrected chi connectivity index (χ4v) is 2.67. The molecular formula is C20H20F2N2O4. The van der Waals surface area contributed by atoms with Gasteiger partial charge in [-0.1, -0.05) is 37.3 Å². The van der Waals surface area contributed by atoms with Gasteiger partial charge in [-0.3, -0.25) is 9.59 Å². The van der Waals surface area contributed by atoms with Crippen molar-refractivity contribution in [2.45, 2.75) is 31.8 Å². The summed E-state index contributed by atoms with van der Waals surface area (Å²) in [7, 11) is 0. The largest absolute Gasteiger partial charge is 0.479 e. The van der Waals surface area contributed by atoms with Crippen molar-refractivity contribution in [3.05, 3.63) is 71.3 Å². The van der Waals surface area contributed by atoms with Crippen LogP contribution >= 0.6 is 0 Å². The molecule has 3 N–H and O–H groups in total. The van der Waals surface area contributed by atoms with Crippen molar-refractivity contribution in [1.29, 1.82) is 0 Å². The van der Waals surface area contributed by atoms with Crippen molar-refractivity contribution >= 4 is 17.8 Å². The van der Waals surface area contributed by atoms with E-state index in [1.54, 1.807) is 37.3 Å². The summed E-state index contributed by atoms with van der Waals surface area (Å²) in [6.45, 7) is 1.64. The quantitative estimate of drug-likeness (QED) is 0.645. The second kappa shape index (κ2) is 9.59. The molecule has 1 unspecified atom stereocenters. The van der Waals surface area contributed by atoms with Crippen LogP contribution in [-0.4, -0.2) is 28.9 Å². The molecule has 0 aliphatic heterocycles. The molecule has 6 nitrogen and oxygen atoms in total. The Hall–Kier alpha value is -3.29. The van der Waals surface area contributed by atoms with Crippen LogP contribution in [0.1, 0.15) is 30.5 Å². The standard InChI is InChI=1S/C20H20F2N2O4/c1-2-16(23-17(25)10-12-8-14(21)11-15(22)9-12)19(26)24-18(20(27)28)13-6-4-3-5-7-13/h3-9,11,16,18H,2,10H2,1H3,(H,23,25)(H,24,26)(H,27,28)/t16?,18-/m0/s1. The van der Waals surface area contributed by atoms with Gasteiger partial charge in [-0.2, -0.15) is 0 Å². The first-order chi connectivity index (χ1) is 13.3. The molecule has 0 radical (unpaired) electrons. The van der Waals surface area contributed by atoms with Crippen molar-refractivity contribution in [3.8, 4) is 0 Å². The summed E-state index contributed by atoms with van der Waals surface area (Å²) in [5, 5.41) is 14.2. The number of hydrogen-bond acceptors (Lipinski definition) is 3. The molecular weight excluding hydrogens is 370 g/mol. The first-order valence-corrected chi connectivity index (χ1v) is 8.62. The van der Waals surface area contributed by atoms with Crippen molar-refractivity contribution in [3.63, 3.8) is 0 Å². The molecule has 148 valence electrons. The van der Waals surface area contributed by atoms with Crippen molar-refractivity contribution in [2.24, 2.45) is 0 Å². The van der Waals surface area contributed by atoms with Gasteiger partial charge in [0, 0.05) is 6.07 Å². The molecule has 28 heavy (non-hydrogen) atoms. The van der Waals surface area contributed by atoms with E-state index in [-0.39, 0.29) is 18.4 Å². The molecule has 0 aliphatic rings. The van der Waals surface area contributed by atoms with E-state index in [4.69, 9.17) is 0 Å². The molecule has 2 aromatic carbocycles. The molecule has 2 rings (SSSR count). The van der Waals surface area contributed by atoms with E-state index in [0.717, 1.165) is 12.1 Å². The molecule has 0 bridgehead atoms. The number of carbonyl (C=O) groups excluding carboxylic acids is 2. The van der Waals surface area contributed by atoms with Crippen LogP contribution in [0.4, 0.5) is 8.78 Å². The van der Waals surface area contributed by atoms with Gasteiger partial charge in [0.15, 0.2) is 6.04 Å². The first-order valence-electron chi connectivity index (χ1n) is 8.62. The maximum absolute atomic E-state index is 13.2. The Bertz CT molecular complexity index is 838. The molecule has 2 atom stereocenters. The molecule has 0 heterocycles. The summed E-state index contributed by atoms with van der Waals surface area (Å²) < 4.78 is 26.4. The number of carboxylic acids is 1. The van der Waals surface area contributed by atoms with Crippen molar-refractivity contribution in [2.75, 3.05) is 0 Å². The minimum absolute atomic E-state index is 0.123. The van der Waals surface area contributed by atoms with Crippen LogP contribution in [0.2, 0.25) is 0 Å². The number of amides is 2. The Morgan fingerprint density at radius 2 is 1.61 bits per heavy atom. The van der Waals surface area contributed by atoms with E-state index in [0.29, 0.717) is 11.6 Å². The number of carboxylic acid groups (broad SMARTS) is 1. The maximum atomic E-state index is 13.2. The summed E-state index contributed by atoms with van der Waals surface area (Å²) in [5.74, 6) is -4.13. The highest BCUT2D eigenvalue weighted by atomic mass is 19.1. The van der Waals surface area contributed by atoms with Crippen LogP contribution < -0.4 is 10.6 Å². The van der Waals surface area contributed by atoms with Crippen molar-refractivity contribution in [1.82, 2.24) is 10.6 Å². The molecule has 0 saturated carbocycles. The number of rotatable bonds is 8. The Morgan fingerprint density at radius 1 is 1.00 bits per heavy atom. The molecule has 2 amide bonds. The Morgan fingerprint density at radius 3 is 2.14 bits per heavy atom. The second-order valence-electron chi connectivity index (χ2n) is 6.17. The molecule has 0 aromatic heterocycles. The Balaban J connectivity index is 2.03. The summed E-state index contributed by atoms with van der Waals surface area (Å²) >= 11 is 0. The van der Waals surface area contributed by atoms with Gasteiger partial charge in [-0.05, 0) is 29.7 Å². The van der Waals surface area contributed by atoms with Crippen LogP contribution in [0.5, 0.6) is 0 Å². The molecule has 8 heteroatoms. The fourth-order valence-electron chi connectivity index (χ4n) is 2.67. The van der Waals surface area contributed by atoms with E-state index < -0.39 is 41.5 Å². The minimum atomic E-state index is -1.27. The lowest BCUT2D eigenvalue weighted by Crippen LogP contribution is -2.48. The summed E-state index contributed by atoms with van der Waals surface area (Å²) in [6, 6.07) is 8.64. The zero-order chi connectivity index (χ0) is 20.7. The number of hydrogen-bond donors (Lipinski definition) is 3. The summed E-state index contributed by atoms with van der Waals surface area (Å²) in [5.41, 5.74) is 0.512. The van der Waals surface area contributed by atoms with Gasteiger partial charge in [0.25, 0.3) is 0 Å². The highest BCUT2D eigenvalue weighted by molar-refractivity contribution is 5.91. The lowest BCUT2D eigenvalue weighted by atomic mass is 10.1. The first kappa shape index (κ1) is 21.0. The lowest BCUT2D eigenvalue weighted by Gasteiger charge is -2.20. The highest BCUT2D eigenvalue weighted by Gasteiger charge is 2.26. The molecule has 0 fully saturated rings.